The van der Waals surface area contributed by atoms with Crippen molar-refractivity contribution in [2.75, 3.05) is 4.90 Å². The number of nitrogens with zero attached hydrogens (tertiary/aromatic N) is 1. The Balaban J connectivity index is 1.01. The standard InChI is InChI=1S/C48H29NOS2/c1-4-13-43-36(8-1)37-26-20-32(28-44(37)50-43)30-16-22-34(23-17-30)49(42-12-7-11-41-39-10-3-6-15-46(39)52-48(41)42)35-24-18-31(19-25-35)33-21-27-40-38-9-2-5-14-45(38)51-47(40)29-33/h1-29H. The highest BCUT2D eigenvalue weighted by molar-refractivity contribution is 7.26. The fourth-order valence-electron chi connectivity index (χ4n) is 7.75. The topological polar surface area (TPSA) is 16.4 Å². The number of hydrogen-bond donors (Lipinski definition) is 0. The van der Waals surface area contributed by atoms with Gasteiger partial charge in [0.2, 0.25) is 0 Å². The molecule has 0 saturated heterocycles. The first-order valence-corrected chi connectivity index (χ1v) is 19.1. The Morgan fingerprint density at radius 3 is 1.60 bits per heavy atom. The van der Waals surface area contributed by atoms with Crippen molar-refractivity contribution in [3.63, 3.8) is 0 Å². The maximum Gasteiger partial charge on any atom is 0.136 e. The summed E-state index contributed by atoms with van der Waals surface area (Å²) in [7, 11) is 0. The molecule has 11 rings (SSSR count). The lowest BCUT2D eigenvalue weighted by Gasteiger charge is -2.26. The molecule has 52 heavy (non-hydrogen) atoms. The Bertz CT molecular complexity index is 2970. The number of benzene rings is 8. The molecule has 0 atom stereocenters. The molecule has 2 nitrogen and oxygen atoms in total. The first-order chi connectivity index (χ1) is 25.7. The van der Waals surface area contributed by atoms with Crippen molar-refractivity contribution in [1.29, 1.82) is 0 Å². The largest absolute Gasteiger partial charge is 0.456 e. The second-order valence-electron chi connectivity index (χ2n) is 13.3. The van der Waals surface area contributed by atoms with Crippen molar-refractivity contribution in [3.8, 4) is 22.3 Å². The molecule has 0 fully saturated rings. The van der Waals surface area contributed by atoms with E-state index in [1.54, 1.807) is 0 Å². The molecule has 0 bridgehead atoms. The summed E-state index contributed by atoms with van der Waals surface area (Å²) in [5.41, 5.74) is 9.96. The molecule has 11 aromatic rings. The van der Waals surface area contributed by atoms with Crippen LogP contribution in [-0.2, 0) is 0 Å². The van der Waals surface area contributed by atoms with E-state index in [9.17, 15) is 0 Å². The predicted octanol–water partition coefficient (Wildman–Crippen LogP) is 15.1. The molecule has 0 aliphatic heterocycles. The van der Waals surface area contributed by atoms with Gasteiger partial charge in [-0.3, -0.25) is 0 Å². The van der Waals surface area contributed by atoms with Gasteiger partial charge in [-0.2, -0.15) is 0 Å². The van der Waals surface area contributed by atoms with E-state index >= 15 is 0 Å². The lowest BCUT2D eigenvalue weighted by Crippen LogP contribution is -2.10. The third kappa shape index (κ3) is 4.69. The van der Waals surface area contributed by atoms with Gasteiger partial charge in [0.1, 0.15) is 11.2 Å². The monoisotopic (exact) mass is 699 g/mol. The van der Waals surface area contributed by atoms with Crippen LogP contribution in [0.5, 0.6) is 0 Å². The minimum Gasteiger partial charge on any atom is -0.456 e. The molecule has 3 heterocycles. The van der Waals surface area contributed by atoms with Crippen molar-refractivity contribution in [2.24, 2.45) is 0 Å². The molecular weight excluding hydrogens is 671 g/mol. The van der Waals surface area contributed by atoms with Crippen LogP contribution in [0.3, 0.4) is 0 Å². The summed E-state index contributed by atoms with van der Waals surface area (Å²) in [4.78, 5) is 2.41. The van der Waals surface area contributed by atoms with Crippen LogP contribution in [0.25, 0.3) is 84.5 Å². The summed E-state index contributed by atoms with van der Waals surface area (Å²) < 4.78 is 11.5. The van der Waals surface area contributed by atoms with Gasteiger partial charge in [0, 0.05) is 57.8 Å². The predicted molar refractivity (Wildman–Crippen MR) is 225 cm³/mol. The fraction of sp³-hybridized carbons (Fsp3) is 0. The van der Waals surface area contributed by atoms with Gasteiger partial charge in [-0.25, -0.2) is 0 Å². The molecular formula is C48H29NOS2. The fourth-order valence-corrected chi connectivity index (χ4v) is 10.1. The number of para-hydroxylation sites is 1. The summed E-state index contributed by atoms with van der Waals surface area (Å²) in [6.07, 6.45) is 0. The van der Waals surface area contributed by atoms with Crippen LogP contribution >= 0.6 is 22.7 Å². The summed E-state index contributed by atoms with van der Waals surface area (Å²) in [5, 5.41) is 7.53. The Morgan fingerprint density at radius 1 is 0.346 bits per heavy atom. The summed E-state index contributed by atoms with van der Waals surface area (Å²) >= 11 is 3.72. The van der Waals surface area contributed by atoms with Crippen molar-refractivity contribution in [1.82, 2.24) is 0 Å². The van der Waals surface area contributed by atoms with Gasteiger partial charge in [0.05, 0.1) is 10.4 Å². The normalized spacial score (nSPS) is 11.8. The zero-order valence-electron chi connectivity index (χ0n) is 27.9. The van der Waals surface area contributed by atoms with Crippen LogP contribution < -0.4 is 4.90 Å². The molecule has 4 heteroatoms. The van der Waals surface area contributed by atoms with E-state index in [2.05, 4.69) is 169 Å². The maximum absolute atomic E-state index is 6.23. The number of rotatable bonds is 5. The quantitative estimate of drug-likeness (QED) is 0.178. The minimum atomic E-state index is 0.910. The lowest BCUT2D eigenvalue weighted by molar-refractivity contribution is 0.669. The first-order valence-electron chi connectivity index (χ1n) is 17.5. The van der Waals surface area contributed by atoms with E-state index in [1.807, 2.05) is 34.8 Å². The number of fused-ring (bicyclic) bond motifs is 9. The van der Waals surface area contributed by atoms with Crippen LogP contribution in [0.4, 0.5) is 17.1 Å². The van der Waals surface area contributed by atoms with Crippen LogP contribution in [0.2, 0.25) is 0 Å². The van der Waals surface area contributed by atoms with Crippen molar-refractivity contribution in [2.45, 2.75) is 0 Å². The Morgan fingerprint density at radius 2 is 0.865 bits per heavy atom. The average Bonchev–Trinajstić information content (AvgIpc) is 3.89. The molecule has 244 valence electrons. The van der Waals surface area contributed by atoms with E-state index in [1.165, 1.54) is 57.2 Å². The third-order valence-corrected chi connectivity index (χ3v) is 12.6. The molecule has 0 saturated carbocycles. The van der Waals surface area contributed by atoms with E-state index in [0.717, 1.165) is 44.4 Å². The SMILES string of the molecule is c1ccc2c(c1)oc1cc(-c3ccc(N(c4ccc(-c5ccc6c(c5)sc5ccccc56)cc4)c4cccc5c4sc4ccccc45)cc3)ccc12. The van der Waals surface area contributed by atoms with Crippen LogP contribution in [0.1, 0.15) is 0 Å². The molecule has 0 aliphatic rings. The smallest absolute Gasteiger partial charge is 0.136 e. The molecule has 0 N–H and O–H groups in total. The number of hydrogen-bond acceptors (Lipinski definition) is 4. The van der Waals surface area contributed by atoms with Crippen molar-refractivity contribution < 1.29 is 4.42 Å². The molecule has 0 radical (unpaired) electrons. The van der Waals surface area contributed by atoms with Gasteiger partial charge in [-0.05, 0) is 89.0 Å². The minimum absolute atomic E-state index is 0.910. The van der Waals surface area contributed by atoms with Crippen molar-refractivity contribution >= 4 is 102 Å². The van der Waals surface area contributed by atoms with E-state index in [0.29, 0.717) is 0 Å². The van der Waals surface area contributed by atoms with E-state index in [4.69, 9.17) is 4.42 Å². The van der Waals surface area contributed by atoms with E-state index < -0.39 is 0 Å². The van der Waals surface area contributed by atoms with Crippen LogP contribution in [0, 0.1) is 0 Å². The Labute approximate surface area is 308 Å². The summed E-state index contributed by atoms with van der Waals surface area (Å²) in [6, 6.07) is 63.8. The number of furan rings is 1. The van der Waals surface area contributed by atoms with E-state index in [-0.39, 0.29) is 0 Å². The van der Waals surface area contributed by atoms with Gasteiger partial charge >= 0.3 is 0 Å². The third-order valence-electron chi connectivity index (χ3n) is 10.3. The second kappa shape index (κ2) is 11.7. The zero-order valence-corrected chi connectivity index (χ0v) is 29.5. The highest BCUT2D eigenvalue weighted by Crippen LogP contribution is 2.45. The van der Waals surface area contributed by atoms with Gasteiger partial charge in [-0.15, -0.1) is 22.7 Å². The van der Waals surface area contributed by atoms with Gasteiger partial charge in [-0.1, -0.05) is 109 Å². The van der Waals surface area contributed by atoms with Crippen molar-refractivity contribution in [3.05, 3.63) is 176 Å². The van der Waals surface area contributed by atoms with Crippen LogP contribution in [-0.4, -0.2) is 0 Å². The zero-order chi connectivity index (χ0) is 34.2. The highest BCUT2D eigenvalue weighted by atomic mass is 32.1. The number of thiophene rings is 2. The van der Waals surface area contributed by atoms with Crippen LogP contribution in [0.15, 0.2) is 180 Å². The van der Waals surface area contributed by atoms with Gasteiger partial charge in [0.15, 0.2) is 0 Å². The molecule has 0 aliphatic carbocycles. The Kier molecular flexibility index (Phi) is 6.63. The molecule has 8 aromatic carbocycles. The highest BCUT2D eigenvalue weighted by Gasteiger charge is 2.19. The van der Waals surface area contributed by atoms with Gasteiger partial charge < -0.3 is 9.32 Å². The summed E-state index contributed by atoms with van der Waals surface area (Å²) in [6.45, 7) is 0. The molecule has 3 aromatic heterocycles. The molecule has 0 amide bonds. The first kappa shape index (κ1) is 29.5. The molecule has 0 spiro atoms. The molecule has 0 unspecified atom stereocenters. The summed E-state index contributed by atoms with van der Waals surface area (Å²) in [5.74, 6) is 0. The maximum atomic E-state index is 6.23. The number of anilines is 3. The van der Waals surface area contributed by atoms with Gasteiger partial charge in [0.25, 0.3) is 0 Å². The average molecular weight is 700 g/mol. The Hall–Kier alpha value is -6.20. The lowest BCUT2D eigenvalue weighted by atomic mass is 10.0. The second-order valence-corrected chi connectivity index (χ2v) is 15.4.